The van der Waals surface area contributed by atoms with Crippen LogP contribution < -0.4 is 144 Å². The second-order valence-electron chi connectivity index (χ2n) is 14.7. The Morgan fingerprint density at radius 3 is 1.85 bits per heavy atom. The van der Waals surface area contributed by atoms with Gasteiger partial charge in [-0.3, -0.25) is 14.9 Å². The number of carboxylic acids is 1. The largest absolute Gasteiger partial charge is 1.00 e. The number of nitrogens with zero attached hydrogens (tertiary/aromatic N) is 6. The monoisotopic (exact) mass is 1100 g/mol. The van der Waals surface area contributed by atoms with Gasteiger partial charge in [-0.25, -0.2) is 8.42 Å². The molecular formula is C45H34N8Na4O14S3. The number of hydrogen-bond donors (Lipinski definition) is 3. The number of carboxylic acid groups (broad SMARTS) is 1. The molecule has 0 aliphatic heterocycles. The average molecular weight is 1100 g/mol. The summed E-state index contributed by atoms with van der Waals surface area (Å²) in [6, 6.07) is 30.1. The zero-order valence-corrected chi connectivity index (χ0v) is 50.7. The number of benzene rings is 7. The van der Waals surface area contributed by atoms with Crippen LogP contribution in [0.2, 0.25) is 0 Å². The number of aliphatic carboxylic acids is 1. The van der Waals surface area contributed by atoms with Crippen LogP contribution in [0.4, 0.5) is 45.5 Å². The number of fused-ring (bicyclic) bond motifs is 2. The SMILES string of the molecule is Cc1cc(N=Nc2ccc(N=Nc3c(SOO[O-])cc4cc(NCOCCC(=O)[O-])ccc4c3O)cc2C)ccc1N=Nc1ccc(C(=O)Nc2ccc3cc(SOO[O-])cc(S(=O)(=O)[O-])c3c2)cc1.[Na+].[Na+].[Na+].[Na+]. The first-order valence-electron chi connectivity index (χ1n) is 20.2. The number of aromatic hydroxyl groups is 1. The molecule has 0 aromatic heterocycles. The first-order chi connectivity index (χ1) is 33.7. The maximum atomic E-state index is 13.1. The Hall–Kier alpha value is -3.27. The summed E-state index contributed by atoms with van der Waals surface area (Å²) in [6.07, 6.45) is -0.247. The number of phenolic OH excluding ortho intramolecular Hbond substituents is 1. The Morgan fingerprint density at radius 1 is 0.649 bits per heavy atom. The second kappa shape index (κ2) is 31.2. The van der Waals surface area contributed by atoms with Crippen LogP contribution in [-0.4, -0.2) is 43.3 Å². The molecule has 0 fully saturated rings. The van der Waals surface area contributed by atoms with Crippen molar-refractivity contribution in [2.75, 3.05) is 24.0 Å². The number of aryl methyl sites for hydroxylation is 2. The van der Waals surface area contributed by atoms with Gasteiger partial charge in [0.15, 0.2) is 5.75 Å². The number of phenols is 1. The molecule has 1 amide bonds. The summed E-state index contributed by atoms with van der Waals surface area (Å²) >= 11 is 0.960. The molecule has 0 heterocycles. The van der Waals surface area contributed by atoms with Gasteiger partial charge in [0.05, 0.1) is 68.9 Å². The maximum Gasteiger partial charge on any atom is 1.00 e. The molecule has 29 heteroatoms. The van der Waals surface area contributed by atoms with E-state index in [0.717, 1.165) is 11.6 Å². The van der Waals surface area contributed by atoms with E-state index in [1.165, 1.54) is 36.4 Å². The van der Waals surface area contributed by atoms with E-state index in [1.807, 2.05) is 13.8 Å². The summed E-state index contributed by atoms with van der Waals surface area (Å²) in [7, 11) is -4.95. The molecule has 0 aliphatic rings. The van der Waals surface area contributed by atoms with E-state index >= 15 is 0 Å². The van der Waals surface area contributed by atoms with Crippen LogP contribution in [0, 0.1) is 13.8 Å². The predicted molar refractivity (Wildman–Crippen MR) is 247 cm³/mol. The average Bonchev–Trinajstić information content (AvgIpc) is 3.33. The third-order valence-electron chi connectivity index (χ3n) is 9.91. The van der Waals surface area contributed by atoms with Gasteiger partial charge >= 0.3 is 118 Å². The number of anilines is 2. The van der Waals surface area contributed by atoms with Crippen molar-refractivity contribution >= 4 is 113 Å². The summed E-state index contributed by atoms with van der Waals surface area (Å²) in [5, 5.41) is 82.5. The van der Waals surface area contributed by atoms with Crippen LogP contribution in [0.5, 0.6) is 5.75 Å². The van der Waals surface area contributed by atoms with Crippen LogP contribution in [0.15, 0.2) is 161 Å². The summed E-state index contributed by atoms with van der Waals surface area (Å²) in [4.78, 5) is 23.4. The van der Waals surface area contributed by atoms with Gasteiger partial charge in [-0.05, 0) is 145 Å². The number of carbonyl (C=O) groups is 2. The fourth-order valence-electron chi connectivity index (χ4n) is 6.56. The van der Waals surface area contributed by atoms with Gasteiger partial charge in [0, 0.05) is 45.0 Å². The molecular weight excluding hydrogens is 1060 g/mol. The molecule has 360 valence electrons. The van der Waals surface area contributed by atoms with Crippen molar-refractivity contribution in [2.24, 2.45) is 30.7 Å². The van der Waals surface area contributed by atoms with Crippen molar-refractivity contribution in [3.63, 3.8) is 0 Å². The molecule has 3 N–H and O–H groups in total. The number of amides is 1. The molecule has 0 bridgehead atoms. The molecule has 0 spiro atoms. The van der Waals surface area contributed by atoms with Gasteiger partial charge in [-0.15, -0.1) is 5.11 Å². The Kier molecular flexibility index (Phi) is 27.4. The molecule has 0 saturated carbocycles. The predicted octanol–water partition coefficient (Wildman–Crippen LogP) is -3.28. The topological polar surface area (TPSA) is 325 Å². The second-order valence-corrected chi connectivity index (χ2v) is 17.5. The number of azo groups is 3. The molecule has 0 radical (unpaired) electrons. The van der Waals surface area contributed by atoms with E-state index in [1.54, 1.807) is 72.8 Å². The van der Waals surface area contributed by atoms with Crippen molar-refractivity contribution in [1.82, 2.24) is 0 Å². The molecule has 7 rings (SSSR count). The normalized spacial score (nSPS) is 11.3. The van der Waals surface area contributed by atoms with Crippen LogP contribution in [0.1, 0.15) is 27.9 Å². The molecule has 0 saturated heterocycles. The molecule has 7 aromatic rings. The van der Waals surface area contributed by atoms with E-state index < -0.39 is 26.9 Å². The fourth-order valence-corrected chi connectivity index (χ4v) is 8.29. The minimum absolute atomic E-state index is 0. The Morgan fingerprint density at radius 2 is 1.24 bits per heavy atom. The van der Waals surface area contributed by atoms with E-state index in [4.69, 9.17) is 4.74 Å². The van der Waals surface area contributed by atoms with Crippen LogP contribution in [-0.2, 0) is 38.4 Å². The molecule has 0 unspecified atom stereocenters. The van der Waals surface area contributed by atoms with Crippen molar-refractivity contribution in [2.45, 2.75) is 35.0 Å². The fraction of sp³-hybridized carbons (Fsp3) is 0.111. The smallest absolute Gasteiger partial charge is 0.744 e. The van der Waals surface area contributed by atoms with Gasteiger partial charge in [-0.1, -0.05) is 6.07 Å². The zero-order chi connectivity index (χ0) is 49.8. The molecule has 74 heavy (non-hydrogen) atoms. The summed E-state index contributed by atoms with van der Waals surface area (Å²) < 4.78 is 50.1. The van der Waals surface area contributed by atoms with E-state index in [9.17, 15) is 43.3 Å². The minimum Gasteiger partial charge on any atom is -0.744 e. The van der Waals surface area contributed by atoms with E-state index in [-0.39, 0.29) is 176 Å². The van der Waals surface area contributed by atoms with E-state index in [2.05, 4.69) is 60.1 Å². The Balaban J connectivity index is 0.00000361. The molecule has 0 aliphatic carbocycles. The number of ether oxygens (including phenoxy) is 1. The third kappa shape index (κ3) is 18.2. The summed E-state index contributed by atoms with van der Waals surface area (Å²) in [6.45, 7) is 3.64. The van der Waals surface area contributed by atoms with Crippen LogP contribution >= 0.6 is 24.1 Å². The number of carbonyl (C=O) groups excluding carboxylic acids is 2. The standard InChI is InChI=1S/C45H38N8O14S3.4Na/c1-25-17-33(10-13-38(25)51-48-30-6-3-27(4-7-30)45(57)47-32-8-5-28-20-35(68-66-64-58)23-41(37(28)22-32)70(60,61)62)49-52-39-14-11-34(18-26(39)2)50-53-43-40(69-67-65-59)21-29-19-31(9-12-36(29)44(43)56)46-24-63-16-15-42(54)55;;;;/h3-14,17-23,46,56,58-59H,15-16,24H2,1-2H3,(H,47,57)(H,54,55)(H,60,61,62);;;;/q;4*+1/p-4. The molecule has 0 atom stereocenters. The third-order valence-corrected chi connectivity index (χ3v) is 12.0. The minimum atomic E-state index is -4.95. The van der Waals surface area contributed by atoms with Gasteiger partial charge in [-0.2, -0.15) is 34.2 Å². The quantitative estimate of drug-likeness (QED) is 0.00929. The van der Waals surface area contributed by atoms with Gasteiger partial charge in [0.25, 0.3) is 5.91 Å². The molecule has 22 nitrogen and oxygen atoms in total. The number of nitrogens with one attached hydrogen (secondary N) is 2. The Labute approximate surface area is 519 Å². The van der Waals surface area contributed by atoms with E-state index in [0.29, 0.717) is 79.9 Å². The van der Waals surface area contributed by atoms with Crippen molar-refractivity contribution in [3.05, 3.63) is 132 Å². The zero-order valence-electron chi connectivity index (χ0n) is 40.3. The Bertz CT molecular complexity index is 3310. The molecule has 7 aromatic carbocycles. The first kappa shape index (κ1) is 65.0. The van der Waals surface area contributed by atoms with Crippen LogP contribution in [0.25, 0.3) is 21.5 Å². The maximum absolute atomic E-state index is 13.1. The van der Waals surface area contributed by atoms with Gasteiger partial charge in [0.1, 0.15) is 22.5 Å². The number of rotatable bonds is 21. The summed E-state index contributed by atoms with van der Waals surface area (Å²) in [5.41, 5.74) is 5.09. The van der Waals surface area contributed by atoms with Gasteiger partial charge < -0.3 is 45.4 Å². The van der Waals surface area contributed by atoms with Gasteiger partial charge in [0.2, 0.25) is 0 Å². The van der Waals surface area contributed by atoms with Crippen molar-refractivity contribution < 1.29 is 185 Å². The van der Waals surface area contributed by atoms with Crippen molar-refractivity contribution in [1.29, 1.82) is 0 Å². The first-order valence-corrected chi connectivity index (χ1v) is 23.1. The summed E-state index contributed by atoms with van der Waals surface area (Å²) in [5.74, 6) is -1.98. The van der Waals surface area contributed by atoms with Crippen LogP contribution in [0.3, 0.4) is 0 Å². The number of hydrogen-bond acceptors (Lipinski definition) is 23. The van der Waals surface area contributed by atoms with Crippen molar-refractivity contribution in [3.8, 4) is 5.75 Å².